The van der Waals surface area contributed by atoms with Gasteiger partial charge >= 0.3 is 5.97 Å². The zero-order chi connectivity index (χ0) is 16.0. The number of hydrogen-bond donors (Lipinski definition) is 0. The Balaban J connectivity index is 2.63. The fourth-order valence-electron chi connectivity index (χ4n) is 2.68. The number of hydrogen-bond acceptors (Lipinski definition) is 4. The Hall–Kier alpha value is -1.10. The third-order valence-electron chi connectivity index (χ3n) is 3.96. The van der Waals surface area contributed by atoms with Crippen LogP contribution in [0.15, 0.2) is 0 Å². The highest BCUT2D eigenvalue weighted by molar-refractivity contribution is 5.98. The predicted octanol–water partition coefficient (Wildman–Crippen LogP) is 1.77. The van der Waals surface area contributed by atoms with Crippen molar-refractivity contribution in [1.82, 2.24) is 9.80 Å². The van der Waals surface area contributed by atoms with Crippen LogP contribution in [0.1, 0.15) is 40.5 Å². The average molecular weight is 298 g/mol. The Morgan fingerprint density at radius 3 is 2.29 bits per heavy atom. The Labute approximate surface area is 128 Å². The molecule has 21 heavy (non-hydrogen) atoms. The Morgan fingerprint density at radius 2 is 1.81 bits per heavy atom. The Morgan fingerprint density at radius 1 is 1.24 bits per heavy atom. The molecule has 0 aromatic rings. The van der Waals surface area contributed by atoms with E-state index in [2.05, 4.69) is 4.90 Å². The SMILES string of the molecule is CCOC(=O)C(C(=O)N(C)CCN1CCCC1)C(C)(C)C. The first-order valence-corrected chi connectivity index (χ1v) is 7.91. The lowest BCUT2D eigenvalue weighted by atomic mass is 9.80. The van der Waals surface area contributed by atoms with Gasteiger partial charge in [0.25, 0.3) is 0 Å². The number of ether oxygens (including phenoxy) is 1. The van der Waals surface area contributed by atoms with Gasteiger partial charge in [0.15, 0.2) is 0 Å². The molecule has 5 nitrogen and oxygen atoms in total. The zero-order valence-electron chi connectivity index (χ0n) is 14.1. The number of amides is 1. The zero-order valence-corrected chi connectivity index (χ0v) is 14.1. The van der Waals surface area contributed by atoms with Crippen molar-refractivity contribution >= 4 is 11.9 Å². The van der Waals surface area contributed by atoms with E-state index < -0.39 is 17.3 Å². The molecule has 1 aliphatic rings. The average Bonchev–Trinajstić information content (AvgIpc) is 2.87. The Bertz CT molecular complexity index is 357. The number of carbonyl (C=O) groups excluding carboxylic acids is 2. The molecule has 1 fully saturated rings. The maximum Gasteiger partial charge on any atom is 0.319 e. The van der Waals surface area contributed by atoms with Crippen LogP contribution < -0.4 is 0 Å². The maximum absolute atomic E-state index is 12.6. The molecule has 0 radical (unpaired) electrons. The minimum absolute atomic E-state index is 0.139. The highest BCUT2D eigenvalue weighted by atomic mass is 16.5. The summed E-state index contributed by atoms with van der Waals surface area (Å²) < 4.78 is 5.08. The molecular formula is C16H30N2O3. The molecule has 0 spiro atoms. The highest BCUT2D eigenvalue weighted by Crippen LogP contribution is 2.28. The summed E-state index contributed by atoms with van der Waals surface area (Å²) in [4.78, 5) is 28.8. The van der Waals surface area contributed by atoms with Crippen molar-refractivity contribution in [3.8, 4) is 0 Å². The normalized spacial score (nSPS) is 17.6. The van der Waals surface area contributed by atoms with Gasteiger partial charge in [-0.15, -0.1) is 0 Å². The van der Waals surface area contributed by atoms with E-state index in [1.807, 2.05) is 20.8 Å². The lowest BCUT2D eigenvalue weighted by molar-refractivity contribution is -0.160. The number of likely N-dealkylation sites (N-methyl/N-ethyl adjacent to an activating group) is 1. The van der Waals surface area contributed by atoms with Gasteiger partial charge in [0, 0.05) is 20.1 Å². The van der Waals surface area contributed by atoms with Gasteiger partial charge in [0.1, 0.15) is 5.92 Å². The van der Waals surface area contributed by atoms with Crippen LogP contribution in [0.2, 0.25) is 0 Å². The van der Waals surface area contributed by atoms with Crippen LogP contribution in [0.25, 0.3) is 0 Å². The van der Waals surface area contributed by atoms with E-state index in [0.717, 1.165) is 19.6 Å². The van der Waals surface area contributed by atoms with Gasteiger partial charge in [-0.1, -0.05) is 20.8 Å². The van der Waals surface area contributed by atoms with E-state index in [1.165, 1.54) is 12.8 Å². The molecule has 1 amide bonds. The van der Waals surface area contributed by atoms with E-state index in [1.54, 1.807) is 18.9 Å². The van der Waals surface area contributed by atoms with Crippen LogP contribution in [0.4, 0.5) is 0 Å². The van der Waals surface area contributed by atoms with Crippen molar-refractivity contribution in [2.24, 2.45) is 11.3 Å². The number of esters is 1. The predicted molar refractivity (Wildman–Crippen MR) is 82.9 cm³/mol. The quantitative estimate of drug-likeness (QED) is 0.554. The molecule has 1 aliphatic heterocycles. The summed E-state index contributed by atoms with van der Waals surface area (Å²) in [6.07, 6.45) is 2.48. The van der Waals surface area contributed by atoms with Crippen molar-refractivity contribution in [1.29, 1.82) is 0 Å². The number of likely N-dealkylation sites (tertiary alicyclic amines) is 1. The lowest BCUT2D eigenvalue weighted by Crippen LogP contribution is -2.46. The molecule has 0 aromatic heterocycles. The van der Waals surface area contributed by atoms with Crippen molar-refractivity contribution in [2.75, 3.05) is 39.8 Å². The first kappa shape index (κ1) is 18.0. The molecule has 1 saturated heterocycles. The van der Waals surface area contributed by atoms with Gasteiger partial charge in [-0.2, -0.15) is 0 Å². The van der Waals surface area contributed by atoms with Gasteiger partial charge in [-0.05, 0) is 38.3 Å². The molecule has 0 N–H and O–H groups in total. The topological polar surface area (TPSA) is 49.9 Å². The third-order valence-corrected chi connectivity index (χ3v) is 3.96. The highest BCUT2D eigenvalue weighted by Gasteiger charge is 2.40. The second-order valence-corrected chi connectivity index (χ2v) is 6.86. The van der Waals surface area contributed by atoms with Crippen molar-refractivity contribution in [3.05, 3.63) is 0 Å². The molecule has 1 rings (SSSR count). The van der Waals surface area contributed by atoms with Crippen LogP contribution >= 0.6 is 0 Å². The standard InChI is InChI=1S/C16H30N2O3/c1-6-21-15(20)13(16(2,3)4)14(19)17(5)11-12-18-9-7-8-10-18/h13H,6-12H2,1-5H3. The van der Waals surface area contributed by atoms with Crippen LogP contribution in [-0.2, 0) is 14.3 Å². The molecule has 122 valence electrons. The summed E-state index contributed by atoms with van der Waals surface area (Å²) in [5, 5.41) is 0. The van der Waals surface area contributed by atoms with E-state index >= 15 is 0 Å². The summed E-state index contributed by atoms with van der Waals surface area (Å²) in [7, 11) is 1.77. The van der Waals surface area contributed by atoms with Crippen molar-refractivity contribution < 1.29 is 14.3 Å². The summed E-state index contributed by atoms with van der Waals surface area (Å²) >= 11 is 0. The van der Waals surface area contributed by atoms with E-state index in [4.69, 9.17) is 4.74 Å². The monoisotopic (exact) mass is 298 g/mol. The minimum Gasteiger partial charge on any atom is -0.465 e. The first-order chi connectivity index (χ1) is 9.77. The molecule has 1 atom stereocenters. The van der Waals surface area contributed by atoms with Gasteiger partial charge < -0.3 is 14.5 Å². The summed E-state index contributed by atoms with van der Waals surface area (Å²) in [6, 6.07) is 0. The largest absolute Gasteiger partial charge is 0.465 e. The minimum atomic E-state index is -0.735. The molecule has 0 aliphatic carbocycles. The molecule has 1 unspecified atom stereocenters. The molecule has 5 heteroatoms. The molecule has 1 heterocycles. The van der Waals surface area contributed by atoms with Gasteiger partial charge in [-0.25, -0.2) is 0 Å². The second-order valence-electron chi connectivity index (χ2n) is 6.86. The third kappa shape index (κ3) is 5.30. The molecular weight excluding hydrogens is 268 g/mol. The van der Waals surface area contributed by atoms with Crippen molar-refractivity contribution in [2.45, 2.75) is 40.5 Å². The summed E-state index contributed by atoms with van der Waals surface area (Å²) in [5.41, 5.74) is -0.439. The fraction of sp³-hybridized carbons (Fsp3) is 0.875. The molecule has 0 aromatic carbocycles. The molecule has 0 bridgehead atoms. The lowest BCUT2D eigenvalue weighted by Gasteiger charge is -2.31. The van der Waals surface area contributed by atoms with Gasteiger partial charge in [-0.3, -0.25) is 9.59 Å². The Kier molecular flexibility index (Phi) is 6.65. The van der Waals surface area contributed by atoms with Gasteiger partial charge in [0.2, 0.25) is 5.91 Å². The number of rotatable bonds is 6. The molecule has 0 saturated carbocycles. The van der Waals surface area contributed by atoms with Crippen LogP contribution in [0.3, 0.4) is 0 Å². The van der Waals surface area contributed by atoms with E-state index in [0.29, 0.717) is 13.2 Å². The van der Waals surface area contributed by atoms with Crippen molar-refractivity contribution in [3.63, 3.8) is 0 Å². The summed E-state index contributed by atoms with van der Waals surface area (Å²) in [5.74, 6) is -1.29. The second kappa shape index (κ2) is 7.78. The first-order valence-electron chi connectivity index (χ1n) is 7.91. The van der Waals surface area contributed by atoms with E-state index in [-0.39, 0.29) is 5.91 Å². The van der Waals surface area contributed by atoms with Crippen LogP contribution in [-0.4, -0.2) is 61.5 Å². The number of nitrogens with zero attached hydrogens (tertiary/aromatic N) is 2. The summed E-state index contributed by atoms with van der Waals surface area (Å²) in [6.45, 7) is 11.5. The fourth-order valence-corrected chi connectivity index (χ4v) is 2.68. The van der Waals surface area contributed by atoms with Crippen LogP contribution in [0, 0.1) is 11.3 Å². The smallest absolute Gasteiger partial charge is 0.319 e. The maximum atomic E-state index is 12.6. The van der Waals surface area contributed by atoms with E-state index in [9.17, 15) is 9.59 Å². The number of carbonyl (C=O) groups is 2. The van der Waals surface area contributed by atoms with Crippen LogP contribution in [0.5, 0.6) is 0 Å². The van der Waals surface area contributed by atoms with Gasteiger partial charge in [0.05, 0.1) is 6.61 Å².